The molecule has 0 aromatic rings. The van der Waals surface area contributed by atoms with Crippen molar-refractivity contribution in [1.29, 1.82) is 0 Å². The lowest BCUT2D eigenvalue weighted by molar-refractivity contribution is -0.164. The smallest absolute Gasteiger partial charge is 0.329 e. The zero-order valence-corrected chi connectivity index (χ0v) is 15.3. The molecule has 0 unspecified atom stereocenters. The number of carbonyl (C=O) groups excluding carboxylic acids is 2. The summed E-state index contributed by atoms with van der Waals surface area (Å²) in [5.41, 5.74) is -0.601. The highest BCUT2D eigenvalue weighted by atomic mass is 16.6. The number of hydrogen-bond acceptors (Lipinski definition) is 4. The van der Waals surface area contributed by atoms with E-state index >= 15 is 0 Å². The third-order valence-electron chi connectivity index (χ3n) is 4.14. The van der Waals surface area contributed by atoms with Gasteiger partial charge in [-0.25, -0.2) is 4.79 Å². The van der Waals surface area contributed by atoms with Crippen LogP contribution < -0.4 is 0 Å². The van der Waals surface area contributed by atoms with E-state index in [0.29, 0.717) is 19.4 Å². The normalized spacial score (nSPS) is 19.2. The van der Waals surface area contributed by atoms with Gasteiger partial charge in [0.15, 0.2) is 0 Å². The van der Waals surface area contributed by atoms with E-state index in [0.717, 1.165) is 25.7 Å². The first-order valence-corrected chi connectivity index (χ1v) is 8.91. The van der Waals surface area contributed by atoms with Gasteiger partial charge in [0.2, 0.25) is 5.91 Å². The summed E-state index contributed by atoms with van der Waals surface area (Å²) < 4.78 is 5.41. The maximum atomic E-state index is 12.8. The molecule has 2 atom stereocenters. The number of nitrogens with zero attached hydrogens (tertiary/aromatic N) is 1. The van der Waals surface area contributed by atoms with Crippen molar-refractivity contribution in [2.24, 2.45) is 5.92 Å². The number of carboxylic acids is 1. The van der Waals surface area contributed by atoms with Crippen LogP contribution in [0.15, 0.2) is 0 Å². The number of ether oxygens (including phenoxy) is 1. The van der Waals surface area contributed by atoms with Crippen molar-refractivity contribution in [2.45, 2.75) is 84.3 Å². The zero-order valence-electron chi connectivity index (χ0n) is 15.3. The molecule has 0 aromatic carbocycles. The molecule has 0 aliphatic carbocycles. The fourth-order valence-corrected chi connectivity index (χ4v) is 3.04. The largest absolute Gasteiger partial charge is 0.481 e. The van der Waals surface area contributed by atoms with E-state index in [-0.39, 0.29) is 12.3 Å². The highest BCUT2D eigenvalue weighted by Gasteiger charge is 2.39. The first-order valence-electron chi connectivity index (χ1n) is 8.91. The van der Waals surface area contributed by atoms with Crippen LogP contribution in [0.25, 0.3) is 0 Å². The third-order valence-corrected chi connectivity index (χ3v) is 4.14. The minimum atomic E-state index is -0.974. The molecule has 0 bridgehead atoms. The van der Waals surface area contributed by atoms with E-state index in [1.54, 1.807) is 20.8 Å². The van der Waals surface area contributed by atoms with Crippen LogP contribution in [0.2, 0.25) is 0 Å². The number of carboxylic acid groups (broad SMARTS) is 1. The lowest BCUT2D eigenvalue weighted by atomic mass is 9.96. The van der Waals surface area contributed by atoms with E-state index in [1.807, 2.05) is 0 Å². The Labute approximate surface area is 144 Å². The molecular weight excluding hydrogens is 310 g/mol. The van der Waals surface area contributed by atoms with Crippen LogP contribution in [0.5, 0.6) is 0 Å². The van der Waals surface area contributed by atoms with E-state index < -0.39 is 29.5 Å². The number of rotatable bonds is 8. The molecule has 24 heavy (non-hydrogen) atoms. The maximum Gasteiger partial charge on any atom is 0.329 e. The van der Waals surface area contributed by atoms with Gasteiger partial charge >= 0.3 is 11.9 Å². The summed E-state index contributed by atoms with van der Waals surface area (Å²) in [7, 11) is 0. The van der Waals surface area contributed by atoms with Crippen molar-refractivity contribution >= 4 is 17.8 Å². The van der Waals surface area contributed by atoms with Crippen LogP contribution in [-0.4, -0.2) is 46.0 Å². The third kappa shape index (κ3) is 6.49. The van der Waals surface area contributed by atoms with E-state index in [4.69, 9.17) is 9.84 Å². The standard InChI is InChI=1S/C18H31NO5/c1-5-6-7-9-13(12-15(20)21)16(22)19-11-8-10-14(19)17(23)24-18(2,3)4/h13-14H,5-12H2,1-4H3,(H,20,21)/t13-,14+/m1/s1. The molecule has 1 rings (SSSR count). The van der Waals surface area contributed by atoms with Crippen LogP contribution in [0.1, 0.15) is 72.6 Å². The number of unbranched alkanes of at least 4 members (excludes halogenated alkanes) is 2. The van der Waals surface area contributed by atoms with Crippen LogP contribution in [0.4, 0.5) is 0 Å². The van der Waals surface area contributed by atoms with Gasteiger partial charge in [-0.1, -0.05) is 26.2 Å². The first kappa shape index (κ1) is 20.5. The van der Waals surface area contributed by atoms with Gasteiger partial charge in [-0.3, -0.25) is 9.59 Å². The Kier molecular flexibility index (Phi) is 7.70. The molecule has 1 aliphatic heterocycles. The predicted octanol–water partition coefficient (Wildman–Crippen LogP) is 2.99. The SMILES string of the molecule is CCCCC[C@H](CC(=O)O)C(=O)N1CCC[C@H]1C(=O)OC(C)(C)C. The molecule has 0 aromatic heterocycles. The second-order valence-electron chi connectivity index (χ2n) is 7.51. The molecule has 0 saturated carbocycles. The molecule has 6 nitrogen and oxygen atoms in total. The molecule has 1 heterocycles. The summed E-state index contributed by atoms with van der Waals surface area (Å²) in [6, 6.07) is -0.584. The van der Waals surface area contributed by atoms with Gasteiger partial charge in [0.25, 0.3) is 0 Å². The number of carbonyl (C=O) groups is 3. The summed E-state index contributed by atoms with van der Waals surface area (Å²) in [5.74, 6) is -2.15. The van der Waals surface area contributed by atoms with Gasteiger partial charge < -0.3 is 14.7 Å². The van der Waals surface area contributed by atoms with Crippen molar-refractivity contribution in [3.8, 4) is 0 Å². The second kappa shape index (κ2) is 9.04. The Morgan fingerprint density at radius 2 is 1.92 bits per heavy atom. The molecule has 1 saturated heterocycles. The second-order valence-corrected chi connectivity index (χ2v) is 7.51. The van der Waals surface area contributed by atoms with Gasteiger partial charge in [0, 0.05) is 12.5 Å². The monoisotopic (exact) mass is 341 g/mol. The molecule has 138 valence electrons. The Hall–Kier alpha value is -1.59. The fraction of sp³-hybridized carbons (Fsp3) is 0.833. The Balaban J connectivity index is 2.79. The zero-order chi connectivity index (χ0) is 18.3. The molecule has 1 fully saturated rings. The van der Waals surface area contributed by atoms with Gasteiger partial charge in [-0.05, 0) is 40.0 Å². The lowest BCUT2D eigenvalue weighted by Crippen LogP contribution is -2.46. The van der Waals surface area contributed by atoms with Crippen molar-refractivity contribution in [3.63, 3.8) is 0 Å². The minimum Gasteiger partial charge on any atom is -0.481 e. The topological polar surface area (TPSA) is 83.9 Å². The average Bonchev–Trinajstić information content (AvgIpc) is 2.93. The van der Waals surface area contributed by atoms with Crippen molar-refractivity contribution in [3.05, 3.63) is 0 Å². The van der Waals surface area contributed by atoms with E-state index in [9.17, 15) is 14.4 Å². The van der Waals surface area contributed by atoms with Crippen LogP contribution in [-0.2, 0) is 19.1 Å². The highest BCUT2D eigenvalue weighted by molar-refractivity contribution is 5.88. The number of esters is 1. The minimum absolute atomic E-state index is 0.180. The Bertz CT molecular complexity index is 455. The van der Waals surface area contributed by atoms with Crippen molar-refractivity contribution in [2.75, 3.05) is 6.54 Å². The number of likely N-dealkylation sites (tertiary alicyclic amines) is 1. The van der Waals surface area contributed by atoms with Gasteiger partial charge in [-0.2, -0.15) is 0 Å². The lowest BCUT2D eigenvalue weighted by Gasteiger charge is -2.29. The molecular formula is C18H31NO5. The van der Waals surface area contributed by atoms with Crippen LogP contribution >= 0.6 is 0 Å². The number of hydrogen-bond donors (Lipinski definition) is 1. The molecule has 1 N–H and O–H groups in total. The fourth-order valence-electron chi connectivity index (χ4n) is 3.04. The van der Waals surface area contributed by atoms with Crippen LogP contribution in [0, 0.1) is 5.92 Å². The van der Waals surface area contributed by atoms with E-state index in [1.165, 1.54) is 4.90 Å². The summed E-state index contributed by atoms with van der Waals surface area (Å²) >= 11 is 0. The Morgan fingerprint density at radius 3 is 2.46 bits per heavy atom. The van der Waals surface area contributed by atoms with Gasteiger partial charge in [0.05, 0.1) is 6.42 Å². The predicted molar refractivity (Wildman–Crippen MR) is 90.5 cm³/mol. The van der Waals surface area contributed by atoms with Crippen molar-refractivity contribution < 1.29 is 24.2 Å². The quantitative estimate of drug-likeness (QED) is 0.542. The molecule has 6 heteroatoms. The first-order chi connectivity index (χ1) is 11.2. The Morgan fingerprint density at radius 1 is 1.25 bits per heavy atom. The summed E-state index contributed by atoms with van der Waals surface area (Å²) in [6.45, 7) is 7.94. The molecule has 1 aliphatic rings. The van der Waals surface area contributed by atoms with E-state index in [2.05, 4.69) is 6.92 Å². The summed E-state index contributed by atoms with van der Waals surface area (Å²) in [5, 5.41) is 9.10. The van der Waals surface area contributed by atoms with Crippen LogP contribution in [0.3, 0.4) is 0 Å². The molecule has 0 spiro atoms. The summed E-state index contributed by atoms with van der Waals surface area (Å²) in [6.07, 6.45) is 4.50. The number of amides is 1. The molecule has 1 amide bonds. The van der Waals surface area contributed by atoms with Gasteiger partial charge in [-0.15, -0.1) is 0 Å². The molecule has 0 radical (unpaired) electrons. The van der Waals surface area contributed by atoms with Gasteiger partial charge in [0.1, 0.15) is 11.6 Å². The maximum absolute atomic E-state index is 12.8. The number of aliphatic carboxylic acids is 1. The summed E-state index contributed by atoms with van der Waals surface area (Å²) in [4.78, 5) is 37.8. The highest BCUT2D eigenvalue weighted by Crippen LogP contribution is 2.26. The van der Waals surface area contributed by atoms with Crippen molar-refractivity contribution in [1.82, 2.24) is 4.90 Å². The average molecular weight is 341 g/mol.